The molecule has 140 valence electrons. The van der Waals surface area contributed by atoms with Gasteiger partial charge in [0.15, 0.2) is 0 Å². The zero-order valence-electron chi connectivity index (χ0n) is 15.5. The smallest absolute Gasteiger partial charge is 0.251 e. The summed E-state index contributed by atoms with van der Waals surface area (Å²) < 4.78 is 11.9. The molecule has 1 amide bonds. The molecule has 0 saturated heterocycles. The van der Waals surface area contributed by atoms with Crippen LogP contribution in [0.3, 0.4) is 0 Å². The third-order valence-corrected chi connectivity index (χ3v) is 5.12. The molecule has 1 N–H and O–H groups in total. The highest BCUT2D eigenvalue weighted by Crippen LogP contribution is 2.23. The first-order valence-electron chi connectivity index (χ1n) is 8.65. The van der Waals surface area contributed by atoms with Crippen molar-refractivity contribution in [1.29, 1.82) is 0 Å². The van der Waals surface area contributed by atoms with E-state index in [1.54, 1.807) is 24.3 Å². The van der Waals surface area contributed by atoms with Crippen LogP contribution < -0.4 is 10.1 Å². The van der Waals surface area contributed by atoms with Crippen LogP contribution in [0.4, 0.5) is 0 Å². The number of aryl methyl sites for hydroxylation is 2. The lowest BCUT2D eigenvalue weighted by molar-refractivity contribution is 0.0939. The summed E-state index contributed by atoms with van der Waals surface area (Å²) in [5, 5.41) is 6.92. The Hall–Kier alpha value is -2.60. The van der Waals surface area contributed by atoms with Crippen LogP contribution in [-0.4, -0.2) is 11.1 Å². The van der Waals surface area contributed by atoms with E-state index in [-0.39, 0.29) is 11.9 Å². The second-order valence-corrected chi connectivity index (χ2v) is 7.19. The summed E-state index contributed by atoms with van der Waals surface area (Å²) in [5.41, 5.74) is 3.38. The Balaban J connectivity index is 1.61. The SMILES string of the molecule is Cc1noc(C)c1COc1ccc(C(=O)N[C@H](C)c2ccccc2Br)cc1. The largest absolute Gasteiger partial charge is 0.489 e. The van der Waals surface area contributed by atoms with Gasteiger partial charge in [-0.3, -0.25) is 4.79 Å². The van der Waals surface area contributed by atoms with Crippen molar-refractivity contribution in [3.8, 4) is 5.75 Å². The van der Waals surface area contributed by atoms with Gasteiger partial charge in [-0.15, -0.1) is 0 Å². The van der Waals surface area contributed by atoms with Crippen LogP contribution in [0.1, 0.15) is 45.9 Å². The highest BCUT2D eigenvalue weighted by molar-refractivity contribution is 9.10. The van der Waals surface area contributed by atoms with E-state index in [2.05, 4.69) is 26.4 Å². The topological polar surface area (TPSA) is 64.4 Å². The van der Waals surface area contributed by atoms with Crippen LogP contribution in [0.25, 0.3) is 0 Å². The van der Waals surface area contributed by atoms with Gasteiger partial charge < -0.3 is 14.6 Å². The maximum absolute atomic E-state index is 12.5. The Morgan fingerprint density at radius 2 is 1.89 bits per heavy atom. The molecule has 0 fully saturated rings. The van der Waals surface area contributed by atoms with Crippen molar-refractivity contribution in [2.24, 2.45) is 0 Å². The maximum atomic E-state index is 12.5. The third kappa shape index (κ3) is 4.57. The monoisotopic (exact) mass is 428 g/mol. The lowest BCUT2D eigenvalue weighted by Crippen LogP contribution is -2.26. The molecule has 3 aromatic rings. The Labute approximate surface area is 166 Å². The van der Waals surface area contributed by atoms with E-state index in [4.69, 9.17) is 9.26 Å². The average Bonchev–Trinajstić information content (AvgIpc) is 2.98. The van der Waals surface area contributed by atoms with Gasteiger partial charge in [0, 0.05) is 10.0 Å². The van der Waals surface area contributed by atoms with Crippen LogP contribution in [-0.2, 0) is 6.61 Å². The first kappa shape index (κ1) is 19.2. The normalized spacial score (nSPS) is 11.9. The number of aromatic nitrogens is 1. The summed E-state index contributed by atoms with van der Waals surface area (Å²) >= 11 is 3.52. The fourth-order valence-corrected chi connectivity index (χ4v) is 3.38. The number of benzene rings is 2. The third-order valence-electron chi connectivity index (χ3n) is 4.40. The van der Waals surface area contributed by atoms with Crippen LogP contribution >= 0.6 is 15.9 Å². The summed E-state index contributed by atoms with van der Waals surface area (Å²) in [4.78, 5) is 12.5. The van der Waals surface area contributed by atoms with Gasteiger partial charge in [-0.2, -0.15) is 0 Å². The molecular weight excluding hydrogens is 408 g/mol. The molecule has 0 aliphatic rings. The van der Waals surface area contributed by atoms with Gasteiger partial charge in [0.1, 0.15) is 18.1 Å². The van der Waals surface area contributed by atoms with Crippen LogP contribution in [0.15, 0.2) is 57.5 Å². The molecule has 5 nitrogen and oxygen atoms in total. The molecule has 1 atom stereocenters. The number of carbonyl (C=O) groups excluding carboxylic acids is 1. The van der Waals surface area contributed by atoms with E-state index in [0.717, 1.165) is 27.1 Å². The summed E-state index contributed by atoms with van der Waals surface area (Å²) in [6.45, 7) is 6.08. The second-order valence-electron chi connectivity index (χ2n) is 6.33. The van der Waals surface area contributed by atoms with E-state index in [0.29, 0.717) is 17.9 Å². The minimum atomic E-state index is -0.129. The van der Waals surface area contributed by atoms with Crippen molar-refractivity contribution in [3.05, 3.63) is 81.1 Å². The predicted molar refractivity (Wildman–Crippen MR) is 107 cm³/mol. The van der Waals surface area contributed by atoms with E-state index < -0.39 is 0 Å². The zero-order valence-corrected chi connectivity index (χ0v) is 17.0. The molecule has 0 radical (unpaired) electrons. The number of amides is 1. The van der Waals surface area contributed by atoms with Crippen LogP contribution in [0.5, 0.6) is 5.75 Å². The van der Waals surface area contributed by atoms with Gasteiger partial charge in [-0.05, 0) is 56.7 Å². The lowest BCUT2D eigenvalue weighted by atomic mass is 10.1. The molecule has 3 rings (SSSR count). The van der Waals surface area contributed by atoms with Crippen molar-refractivity contribution in [2.45, 2.75) is 33.4 Å². The number of nitrogens with one attached hydrogen (secondary N) is 1. The highest BCUT2D eigenvalue weighted by Gasteiger charge is 2.14. The van der Waals surface area contributed by atoms with Gasteiger partial charge in [0.2, 0.25) is 0 Å². The number of hydrogen-bond acceptors (Lipinski definition) is 4. The molecule has 1 heterocycles. The van der Waals surface area contributed by atoms with E-state index in [1.807, 2.05) is 45.0 Å². The van der Waals surface area contributed by atoms with Gasteiger partial charge >= 0.3 is 0 Å². The number of carbonyl (C=O) groups is 1. The summed E-state index contributed by atoms with van der Waals surface area (Å²) in [6, 6.07) is 14.8. The Bertz CT molecular complexity index is 915. The summed E-state index contributed by atoms with van der Waals surface area (Å²) in [5.74, 6) is 1.31. The number of hydrogen-bond donors (Lipinski definition) is 1. The Morgan fingerprint density at radius 1 is 1.19 bits per heavy atom. The summed E-state index contributed by atoms with van der Waals surface area (Å²) in [7, 11) is 0. The standard InChI is InChI=1S/C21H21BrN2O3/c1-13(18-6-4-5-7-20(18)22)23-21(25)16-8-10-17(11-9-16)26-12-19-14(2)24-27-15(19)3/h4-11,13H,12H2,1-3H3,(H,23,25)/t13-/m1/s1. The lowest BCUT2D eigenvalue weighted by Gasteiger charge is -2.16. The van der Waals surface area contributed by atoms with E-state index in [1.165, 1.54) is 0 Å². The predicted octanol–water partition coefficient (Wildman–Crippen LogP) is 5.12. The Kier molecular flexibility index (Phi) is 5.96. The molecule has 0 spiro atoms. The Morgan fingerprint density at radius 3 is 2.52 bits per heavy atom. The first-order chi connectivity index (χ1) is 13.0. The van der Waals surface area contributed by atoms with Gasteiger partial charge in [0.05, 0.1) is 17.3 Å². The molecule has 2 aromatic carbocycles. The van der Waals surface area contributed by atoms with E-state index >= 15 is 0 Å². The van der Waals surface area contributed by atoms with Crippen molar-refractivity contribution in [1.82, 2.24) is 10.5 Å². The molecule has 0 saturated carbocycles. The molecule has 27 heavy (non-hydrogen) atoms. The molecule has 0 unspecified atom stereocenters. The minimum Gasteiger partial charge on any atom is -0.489 e. The maximum Gasteiger partial charge on any atom is 0.251 e. The van der Waals surface area contributed by atoms with Crippen molar-refractivity contribution < 1.29 is 14.1 Å². The number of ether oxygens (including phenoxy) is 1. The fourth-order valence-electron chi connectivity index (χ4n) is 2.75. The minimum absolute atomic E-state index is 0.108. The highest BCUT2D eigenvalue weighted by atomic mass is 79.9. The van der Waals surface area contributed by atoms with Crippen LogP contribution in [0.2, 0.25) is 0 Å². The number of halogens is 1. The van der Waals surface area contributed by atoms with Gasteiger partial charge in [-0.1, -0.05) is 39.3 Å². The van der Waals surface area contributed by atoms with Gasteiger partial charge in [-0.25, -0.2) is 0 Å². The summed E-state index contributed by atoms with van der Waals surface area (Å²) in [6.07, 6.45) is 0. The molecule has 0 aliphatic heterocycles. The molecule has 1 aromatic heterocycles. The van der Waals surface area contributed by atoms with Gasteiger partial charge in [0.25, 0.3) is 5.91 Å². The molecular formula is C21H21BrN2O3. The second kappa shape index (κ2) is 8.39. The molecule has 0 bridgehead atoms. The number of rotatable bonds is 6. The van der Waals surface area contributed by atoms with Crippen molar-refractivity contribution in [2.75, 3.05) is 0 Å². The molecule has 0 aliphatic carbocycles. The number of nitrogens with zero attached hydrogens (tertiary/aromatic N) is 1. The van der Waals surface area contributed by atoms with Crippen molar-refractivity contribution >= 4 is 21.8 Å². The van der Waals surface area contributed by atoms with E-state index in [9.17, 15) is 4.79 Å². The first-order valence-corrected chi connectivity index (χ1v) is 9.45. The zero-order chi connectivity index (χ0) is 19.4. The molecule has 6 heteroatoms. The quantitative estimate of drug-likeness (QED) is 0.591. The van der Waals surface area contributed by atoms with Crippen LogP contribution in [0, 0.1) is 13.8 Å². The fraction of sp³-hybridized carbons (Fsp3) is 0.238. The average molecular weight is 429 g/mol. The van der Waals surface area contributed by atoms with Crippen molar-refractivity contribution in [3.63, 3.8) is 0 Å².